The molecule has 1 aromatic rings. The highest BCUT2D eigenvalue weighted by Crippen LogP contribution is 2.07. The summed E-state index contributed by atoms with van der Waals surface area (Å²) in [5.41, 5.74) is 8.23. The van der Waals surface area contributed by atoms with Gasteiger partial charge < -0.3 is 10.3 Å². The first kappa shape index (κ1) is 17.0. The third-order valence-electron chi connectivity index (χ3n) is 2.75. The Bertz CT molecular complexity index is 633. The van der Waals surface area contributed by atoms with Crippen LogP contribution in [0.3, 0.4) is 0 Å². The average Bonchev–Trinajstić information content (AvgIpc) is 2.56. The third-order valence-corrected chi connectivity index (χ3v) is 2.75. The number of methoxy groups -OCH3 is 1. The molecule has 0 aliphatic heterocycles. The Hall–Kier alpha value is -3.05. The number of rotatable bonds is 6. The summed E-state index contributed by atoms with van der Waals surface area (Å²) in [7, 11) is 1.04. The number of nitrogens with zero attached hydrogens (tertiary/aromatic N) is 3. The van der Waals surface area contributed by atoms with Crippen LogP contribution in [-0.4, -0.2) is 46.8 Å². The van der Waals surface area contributed by atoms with Gasteiger partial charge in [0.1, 0.15) is 0 Å². The number of imide groups is 1. The summed E-state index contributed by atoms with van der Waals surface area (Å²) in [6, 6.07) is 8.08. The van der Waals surface area contributed by atoms with Crippen molar-refractivity contribution in [3.8, 4) is 0 Å². The molecule has 0 spiro atoms. The highest BCUT2D eigenvalue weighted by atomic mass is 16.5. The Labute approximate surface area is 127 Å². The zero-order chi connectivity index (χ0) is 16.5. The van der Waals surface area contributed by atoms with E-state index in [1.54, 1.807) is 18.2 Å². The van der Waals surface area contributed by atoms with E-state index in [4.69, 9.17) is 5.53 Å². The van der Waals surface area contributed by atoms with Crippen molar-refractivity contribution in [2.45, 2.75) is 6.42 Å². The third kappa shape index (κ3) is 3.97. The quantitative estimate of drug-likeness (QED) is 0.196. The predicted octanol–water partition coefficient (Wildman–Crippen LogP) is 1.08. The van der Waals surface area contributed by atoms with E-state index in [-0.39, 0.29) is 12.1 Å². The Kier molecular flexibility index (Phi) is 6.40. The van der Waals surface area contributed by atoms with Crippen molar-refractivity contribution in [2.75, 3.05) is 13.7 Å². The first-order valence-electron chi connectivity index (χ1n) is 6.39. The molecule has 1 aromatic carbocycles. The van der Waals surface area contributed by atoms with Gasteiger partial charge in [0.25, 0.3) is 5.91 Å². The second kappa shape index (κ2) is 8.28. The van der Waals surface area contributed by atoms with Crippen molar-refractivity contribution in [1.82, 2.24) is 4.90 Å². The molecule has 0 fully saturated rings. The highest BCUT2D eigenvalue weighted by molar-refractivity contribution is 6.62. The lowest BCUT2D eigenvalue weighted by molar-refractivity contribution is -0.141. The highest BCUT2D eigenvalue weighted by Gasteiger charge is 2.37. The van der Waals surface area contributed by atoms with Gasteiger partial charge in [0.05, 0.1) is 7.11 Å². The van der Waals surface area contributed by atoms with E-state index < -0.39 is 23.5 Å². The van der Waals surface area contributed by atoms with Gasteiger partial charge in [0.15, 0.2) is 0 Å². The number of amides is 2. The zero-order valence-corrected chi connectivity index (χ0v) is 12.1. The van der Waals surface area contributed by atoms with Crippen molar-refractivity contribution in [3.05, 3.63) is 54.1 Å². The van der Waals surface area contributed by atoms with Gasteiger partial charge in [-0.25, -0.2) is 4.79 Å². The van der Waals surface area contributed by atoms with E-state index in [1.807, 2.05) is 0 Å². The number of benzene rings is 1. The van der Waals surface area contributed by atoms with Gasteiger partial charge in [-0.2, -0.15) is 4.79 Å². The van der Waals surface area contributed by atoms with Gasteiger partial charge in [0, 0.05) is 12.1 Å². The maximum atomic E-state index is 12.4. The molecule has 0 N–H and O–H groups in total. The van der Waals surface area contributed by atoms with E-state index in [9.17, 15) is 14.4 Å². The van der Waals surface area contributed by atoms with Crippen molar-refractivity contribution in [3.63, 3.8) is 0 Å². The molecular weight excluding hydrogens is 286 g/mol. The summed E-state index contributed by atoms with van der Waals surface area (Å²) in [5, 5.41) is 0. The normalized spacial score (nSPS) is 9.32. The summed E-state index contributed by atoms with van der Waals surface area (Å²) in [4.78, 5) is 39.6. The SMILES string of the molecule is C=CCCN(C(=O)C(=[N+]=[N-])C(=O)OC)C(=O)c1ccccc1. The number of esters is 1. The van der Waals surface area contributed by atoms with Crippen LogP contribution in [0.2, 0.25) is 0 Å². The van der Waals surface area contributed by atoms with Crippen molar-refractivity contribution < 1.29 is 23.9 Å². The van der Waals surface area contributed by atoms with E-state index >= 15 is 0 Å². The molecule has 1 rings (SSSR count). The van der Waals surface area contributed by atoms with Crippen LogP contribution in [0.1, 0.15) is 16.8 Å². The summed E-state index contributed by atoms with van der Waals surface area (Å²) in [6.07, 6.45) is 1.84. The summed E-state index contributed by atoms with van der Waals surface area (Å²) in [6.45, 7) is 3.51. The maximum absolute atomic E-state index is 12.4. The second-order valence-electron chi connectivity index (χ2n) is 4.15. The van der Waals surface area contributed by atoms with Crippen LogP contribution >= 0.6 is 0 Å². The van der Waals surface area contributed by atoms with Crippen LogP contribution in [0.4, 0.5) is 0 Å². The van der Waals surface area contributed by atoms with Gasteiger partial charge in [-0.3, -0.25) is 14.5 Å². The average molecular weight is 301 g/mol. The molecule has 0 aromatic heterocycles. The minimum absolute atomic E-state index is 0.00786. The van der Waals surface area contributed by atoms with Crippen LogP contribution in [-0.2, 0) is 14.3 Å². The van der Waals surface area contributed by atoms with Crippen molar-refractivity contribution in [2.24, 2.45) is 0 Å². The number of carbonyl (C=O) groups excluding carboxylic acids is 3. The monoisotopic (exact) mass is 301 g/mol. The smallest absolute Gasteiger partial charge is 0.460 e. The van der Waals surface area contributed by atoms with Crippen LogP contribution < -0.4 is 0 Å². The lowest BCUT2D eigenvalue weighted by atomic mass is 10.1. The standard InChI is InChI=1S/C15H15N3O4/c1-3-4-10-18(13(19)11-8-6-5-7-9-11)14(20)12(17-16)15(21)22-2/h3,5-9H,1,4,10H2,2H3. The van der Waals surface area contributed by atoms with E-state index in [0.29, 0.717) is 6.42 Å². The number of hydrogen-bond donors (Lipinski definition) is 0. The lowest BCUT2D eigenvalue weighted by Gasteiger charge is -2.17. The topological polar surface area (TPSA) is 100 Å². The molecule has 0 bridgehead atoms. The fourth-order valence-electron chi connectivity index (χ4n) is 1.65. The fraction of sp³-hybridized carbons (Fsp3) is 0.200. The second-order valence-corrected chi connectivity index (χ2v) is 4.15. The number of carbonyl (C=O) groups is 3. The summed E-state index contributed by atoms with van der Waals surface area (Å²) in [5.74, 6) is -2.78. The van der Waals surface area contributed by atoms with Gasteiger partial charge in [-0.05, 0) is 18.6 Å². The maximum Gasteiger partial charge on any atom is 0.463 e. The van der Waals surface area contributed by atoms with Crippen molar-refractivity contribution in [1.29, 1.82) is 0 Å². The van der Waals surface area contributed by atoms with E-state index in [0.717, 1.165) is 12.0 Å². The summed E-state index contributed by atoms with van der Waals surface area (Å²) >= 11 is 0. The molecule has 7 heteroatoms. The van der Waals surface area contributed by atoms with Gasteiger partial charge in [-0.1, -0.05) is 24.3 Å². The Balaban J connectivity index is 3.14. The molecule has 22 heavy (non-hydrogen) atoms. The molecule has 0 heterocycles. The molecule has 0 unspecified atom stereocenters. The Morgan fingerprint density at radius 1 is 1.32 bits per heavy atom. The van der Waals surface area contributed by atoms with E-state index in [1.165, 1.54) is 18.2 Å². The molecule has 0 atom stereocenters. The Morgan fingerprint density at radius 2 is 1.95 bits per heavy atom. The predicted molar refractivity (Wildman–Crippen MR) is 77.9 cm³/mol. The fourth-order valence-corrected chi connectivity index (χ4v) is 1.65. The number of hydrogen-bond acceptors (Lipinski definition) is 4. The van der Waals surface area contributed by atoms with Gasteiger partial charge in [-0.15, -0.1) is 6.58 Å². The Morgan fingerprint density at radius 3 is 2.45 bits per heavy atom. The van der Waals surface area contributed by atoms with Crippen LogP contribution in [0.5, 0.6) is 0 Å². The van der Waals surface area contributed by atoms with Crippen LogP contribution in [0.25, 0.3) is 5.53 Å². The molecule has 0 aliphatic carbocycles. The molecule has 2 amide bonds. The van der Waals surface area contributed by atoms with Crippen molar-refractivity contribution >= 4 is 23.5 Å². The van der Waals surface area contributed by atoms with Gasteiger partial charge in [0.2, 0.25) is 0 Å². The summed E-state index contributed by atoms with van der Waals surface area (Å²) < 4.78 is 4.36. The van der Waals surface area contributed by atoms with Gasteiger partial charge >= 0.3 is 17.6 Å². The van der Waals surface area contributed by atoms with E-state index in [2.05, 4.69) is 16.1 Å². The molecule has 0 saturated heterocycles. The first-order valence-corrected chi connectivity index (χ1v) is 6.39. The van der Waals surface area contributed by atoms with Crippen LogP contribution in [0.15, 0.2) is 43.0 Å². The molecule has 114 valence electrons. The first-order chi connectivity index (χ1) is 10.6. The molecule has 0 radical (unpaired) electrons. The molecule has 0 saturated carbocycles. The minimum atomic E-state index is -1.13. The minimum Gasteiger partial charge on any atom is -0.460 e. The zero-order valence-electron chi connectivity index (χ0n) is 12.1. The molecule has 0 aliphatic rings. The molecular formula is C15H15N3O4. The largest absolute Gasteiger partial charge is 0.463 e. The molecule has 7 nitrogen and oxygen atoms in total. The van der Waals surface area contributed by atoms with Crippen LogP contribution in [0, 0.1) is 0 Å². The number of ether oxygens (including phenoxy) is 1. The lowest BCUT2D eigenvalue weighted by Crippen LogP contribution is -2.45.